The van der Waals surface area contributed by atoms with E-state index in [9.17, 15) is 4.79 Å². The second kappa shape index (κ2) is 9.08. The highest BCUT2D eigenvalue weighted by molar-refractivity contribution is 5.74. The van der Waals surface area contributed by atoms with Crippen LogP contribution in [0.3, 0.4) is 0 Å². The van der Waals surface area contributed by atoms with Crippen LogP contribution in [0.4, 0.5) is 10.6 Å². The molecule has 0 unspecified atom stereocenters. The molecular formula is C20H26N4O2. The van der Waals surface area contributed by atoms with Gasteiger partial charge in [-0.05, 0) is 43.0 Å². The third kappa shape index (κ3) is 4.88. The number of carbonyl (C=O) groups is 1. The maximum absolute atomic E-state index is 12.1. The third-order valence-corrected chi connectivity index (χ3v) is 4.57. The number of rotatable bonds is 6. The van der Waals surface area contributed by atoms with Crippen LogP contribution in [0, 0.1) is 0 Å². The zero-order valence-corrected chi connectivity index (χ0v) is 15.2. The van der Waals surface area contributed by atoms with Gasteiger partial charge < -0.3 is 20.3 Å². The average molecular weight is 354 g/mol. The van der Waals surface area contributed by atoms with Gasteiger partial charge in [0.1, 0.15) is 11.6 Å². The number of nitrogens with zero attached hydrogens (tertiary/aromatic N) is 2. The van der Waals surface area contributed by atoms with Crippen LogP contribution in [0.15, 0.2) is 42.6 Å². The summed E-state index contributed by atoms with van der Waals surface area (Å²) < 4.78 is 5.13. The topological polar surface area (TPSA) is 66.5 Å². The van der Waals surface area contributed by atoms with Gasteiger partial charge in [0, 0.05) is 37.9 Å². The zero-order valence-electron chi connectivity index (χ0n) is 15.2. The second-order valence-electron chi connectivity index (χ2n) is 6.42. The Bertz CT molecular complexity index is 712. The summed E-state index contributed by atoms with van der Waals surface area (Å²) in [6, 6.07) is 11.4. The van der Waals surface area contributed by atoms with E-state index < -0.39 is 0 Å². The highest BCUT2D eigenvalue weighted by atomic mass is 16.5. The van der Waals surface area contributed by atoms with Crippen LogP contribution in [0.25, 0.3) is 0 Å². The molecule has 1 aromatic heterocycles. The first kappa shape index (κ1) is 18.0. The number of nitrogens with one attached hydrogen (secondary N) is 2. The largest absolute Gasteiger partial charge is 0.497 e. The van der Waals surface area contributed by atoms with E-state index in [1.54, 1.807) is 7.11 Å². The third-order valence-electron chi connectivity index (χ3n) is 4.57. The summed E-state index contributed by atoms with van der Waals surface area (Å²) in [5.41, 5.74) is 2.07. The van der Waals surface area contributed by atoms with Crippen molar-refractivity contribution in [2.45, 2.75) is 32.4 Å². The minimum Gasteiger partial charge on any atom is -0.497 e. The predicted molar refractivity (Wildman–Crippen MR) is 102 cm³/mol. The van der Waals surface area contributed by atoms with E-state index in [1.165, 1.54) is 19.3 Å². The number of urea groups is 1. The van der Waals surface area contributed by atoms with Gasteiger partial charge >= 0.3 is 6.03 Å². The van der Waals surface area contributed by atoms with Gasteiger partial charge in [0.25, 0.3) is 0 Å². The molecule has 0 bridgehead atoms. The maximum Gasteiger partial charge on any atom is 0.315 e. The molecule has 2 heterocycles. The number of aromatic nitrogens is 1. The van der Waals surface area contributed by atoms with Gasteiger partial charge in [0.05, 0.1) is 7.11 Å². The van der Waals surface area contributed by atoms with E-state index in [4.69, 9.17) is 4.74 Å². The molecule has 0 spiro atoms. The van der Waals surface area contributed by atoms with Crippen molar-refractivity contribution in [3.05, 3.63) is 53.7 Å². The lowest BCUT2D eigenvalue weighted by Gasteiger charge is -2.29. The van der Waals surface area contributed by atoms with Crippen molar-refractivity contribution in [3.8, 4) is 5.75 Å². The molecule has 6 nitrogen and oxygen atoms in total. The standard InChI is InChI=1S/C20H26N4O2/c1-26-18-9-7-16(8-10-18)14-22-20(25)23-15-17-6-5-11-21-19(17)24-12-3-2-4-13-24/h5-11H,2-4,12-15H2,1H3,(H2,22,23,25). The van der Waals surface area contributed by atoms with E-state index in [2.05, 4.69) is 20.5 Å². The molecular weight excluding hydrogens is 328 g/mol. The molecule has 1 aliphatic heterocycles. The summed E-state index contributed by atoms with van der Waals surface area (Å²) in [5.74, 6) is 1.79. The van der Waals surface area contributed by atoms with Crippen LogP contribution in [-0.4, -0.2) is 31.2 Å². The molecule has 2 aromatic rings. The summed E-state index contributed by atoms with van der Waals surface area (Å²) in [7, 11) is 1.64. The van der Waals surface area contributed by atoms with Crippen molar-refractivity contribution in [2.24, 2.45) is 0 Å². The van der Waals surface area contributed by atoms with Gasteiger partial charge in [0.2, 0.25) is 0 Å². The van der Waals surface area contributed by atoms with Crippen LogP contribution in [0.5, 0.6) is 5.75 Å². The predicted octanol–water partition coefficient (Wildman–Crippen LogP) is 3.08. The molecule has 2 amide bonds. The molecule has 1 aliphatic rings. The van der Waals surface area contributed by atoms with Gasteiger partial charge in [-0.25, -0.2) is 9.78 Å². The Morgan fingerprint density at radius 3 is 2.54 bits per heavy atom. The fourth-order valence-electron chi connectivity index (χ4n) is 3.12. The average Bonchev–Trinajstić information content (AvgIpc) is 2.72. The quantitative estimate of drug-likeness (QED) is 0.837. The Morgan fingerprint density at radius 2 is 1.81 bits per heavy atom. The number of anilines is 1. The number of carbonyl (C=O) groups excluding carboxylic acids is 1. The number of pyridine rings is 1. The fraction of sp³-hybridized carbons (Fsp3) is 0.400. The Balaban J connectivity index is 1.51. The molecule has 1 fully saturated rings. The van der Waals surface area contributed by atoms with Crippen molar-refractivity contribution in [2.75, 3.05) is 25.1 Å². The first-order valence-corrected chi connectivity index (χ1v) is 9.10. The molecule has 0 atom stereocenters. The summed E-state index contributed by atoms with van der Waals surface area (Å²) >= 11 is 0. The molecule has 2 N–H and O–H groups in total. The highest BCUT2D eigenvalue weighted by Gasteiger charge is 2.15. The second-order valence-corrected chi connectivity index (χ2v) is 6.42. The van der Waals surface area contributed by atoms with Gasteiger partial charge in [-0.3, -0.25) is 0 Å². The number of hydrogen-bond donors (Lipinski definition) is 2. The van der Waals surface area contributed by atoms with Crippen molar-refractivity contribution in [1.82, 2.24) is 15.6 Å². The van der Waals surface area contributed by atoms with Gasteiger partial charge in [-0.1, -0.05) is 18.2 Å². The van der Waals surface area contributed by atoms with Crippen LogP contribution in [-0.2, 0) is 13.1 Å². The number of piperidine rings is 1. The minimum absolute atomic E-state index is 0.186. The monoisotopic (exact) mass is 354 g/mol. The SMILES string of the molecule is COc1ccc(CNC(=O)NCc2cccnc2N2CCCCC2)cc1. The van der Waals surface area contributed by atoms with E-state index in [1.807, 2.05) is 42.6 Å². The molecule has 1 aromatic carbocycles. The Labute approximate surface area is 154 Å². The Kier molecular flexibility index (Phi) is 6.30. The molecule has 3 rings (SSSR count). The molecule has 26 heavy (non-hydrogen) atoms. The first-order valence-electron chi connectivity index (χ1n) is 9.10. The van der Waals surface area contributed by atoms with Crippen molar-refractivity contribution in [1.29, 1.82) is 0 Å². The summed E-state index contributed by atoms with van der Waals surface area (Å²) in [6.45, 7) is 3.01. The van der Waals surface area contributed by atoms with Crippen LogP contribution < -0.4 is 20.3 Å². The normalized spacial score (nSPS) is 14.0. The number of amides is 2. The van der Waals surface area contributed by atoms with Gasteiger partial charge in [0.15, 0.2) is 0 Å². The maximum atomic E-state index is 12.1. The molecule has 1 saturated heterocycles. The van der Waals surface area contributed by atoms with Gasteiger partial charge in [-0.2, -0.15) is 0 Å². The molecule has 6 heteroatoms. The van der Waals surface area contributed by atoms with Crippen molar-refractivity contribution >= 4 is 11.8 Å². The lowest BCUT2D eigenvalue weighted by atomic mass is 10.1. The van der Waals surface area contributed by atoms with Crippen LogP contribution >= 0.6 is 0 Å². The van der Waals surface area contributed by atoms with E-state index in [-0.39, 0.29) is 6.03 Å². The van der Waals surface area contributed by atoms with E-state index in [0.29, 0.717) is 13.1 Å². The number of hydrogen-bond acceptors (Lipinski definition) is 4. The molecule has 0 radical (unpaired) electrons. The number of ether oxygens (including phenoxy) is 1. The summed E-state index contributed by atoms with van der Waals surface area (Å²) in [5, 5.41) is 5.81. The number of methoxy groups -OCH3 is 1. The van der Waals surface area contributed by atoms with Crippen molar-refractivity contribution in [3.63, 3.8) is 0 Å². The van der Waals surface area contributed by atoms with Crippen molar-refractivity contribution < 1.29 is 9.53 Å². The van der Waals surface area contributed by atoms with Crippen LogP contribution in [0.1, 0.15) is 30.4 Å². The first-order chi connectivity index (χ1) is 12.8. The molecule has 0 aliphatic carbocycles. The molecule has 0 saturated carbocycles. The van der Waals surface area contributed by atoms with Crippen LogP contribution in [0.2, 0.25) is 0 Å². The lowest BCUT2D eigenvalue weighted by Crippen LogP contribution is -2.36. The molecule has 138 valence electrons. The summed E-state index contributed by atoms with van der Waals surface area (Å²) in [4.78, 5) is 19.0. The number of benzene rings is 1. The zero-order chi connectivity index (χ0) is 18.2. The lowest BCUT2D eigenvalue weighted by molar-refractivity contribution is 0.240. The van der Waals surface area contributed by atoms with E-state index in [0.717, 1.165) is 35.8 Å². The minimum atomic E-state index is -0.186. The van der Waals surface area contributed by atoms with E-state index >= 15 is 0 Å². The fourth-order valence-corrected chi connectivity index (χ4v) is 3.12. The smallest absolute Gasteiger partial charge is 0.315 e. The highest BCUT2D eigenvalue weighted by Crippen LogP contribution is 2.21. The van der Waals surface area contributed by atoms with Gasteiger partial charge in [-0.15, -0.1) is 0 Å². The Morgan fingerprint density at radius 1 is 1.08 bits per heavy atom. The summed E-state index contributed by atoms with van der Waals surface area (Å²) in [6.07, 6.45) is 5.50. The Hall–Kier alpha value is -2.76.